The third-order valence-corrected chi connectivity index (χ3v) is 3.33. The van der Waals surface area contributed by atoms with Crippen LogP contribution in [0.3, 0.4) is 0 Å². The summed E-state index contributed by atoms with van der Waals surface area (Å²) in [5.41, 5.74) is 5.29. The summed E-state index contributed by atoms with van der Waals surface area (Å²) >= 11 is 0. The zero-order valence-corrected chi connectivity index (χ0v) is 14.6. The third kappa shape index (κ3) is 6.27. The molecule has 142 valence electrons. The van der Waals surface area contributed by atoms with Gasteiger partial charge in [0.2, 0.25) is 5.91 Å². The van der Waals surface area contributed by atoms with E-state index in [4.69, 9.17) is 10.00 Å². The summed E-state index contributed by atoms with van der Waals surface area (Å²) < 4.78 is 4.85. The largest absolute Gasteiger partial charge is 0.452 e. The van der Waals surface area contributed by atoms with Crippen molar-refractivity contribution in [2.24, 2.45) is 0 Å². The number of hydrogen-bond acceptors (Lipinski definition) is 6. The second kappa shape index (κ2) is 10.1. The molecule has 0 aliphatic rings. The summed E-state index contributed by atoms with van der Waals surface area (Å²) in [6.07, 6.45) is -0.278. The Morgan fingerprint density at radius 1 is 0.857 bits per heavy atom. The molecule has 0 aromatic heterocycles. The second-order valence-electron chi connectivity index (χ2n) is 5.40. The normalized spacial score (nSPS) is 9.54. The number of esters is 1. The lowest BCUT2D eigenvalue weighted by Gasteiger charge is -2.08. The van der Waals surface area contributed by atoms with Crippen molar-refractivity contribution in [1.29, 1.82) is 5.26 Å². The van der Waals surface area contributed by atoms with E-state index in [2.05, 4.69) is 16.2 Å². The zero-order chi connectivity index (χ0) is 20.4. The van der Waals surface area contributed by atoms with E-state index in [9.17, 15) is 19.2 Å². The van der Waals surface area contributed by atoms with Crippen LogP contribution in [0.2, 0.25) is 0 Å². The average molecular weight is 380 g/mol. The highest BCUT2D eigenvalue weighted by Crippen LogP contribution is 2.11. The van der Waals surface area contributed by atoms with Crippen LogP contribution in [-0.2, 0) is 14.3 Å². The number of hydrogen-bond donors (Lipinski definition) is 3. The van der Waals surface area contributed by atoms with Crippen molar-refractivity contribution in [1.82, 2.24) is 10.9 Å². The third-order valence-electron chi connectivity index (χ3n) is 3.33. The molecule has 0 atom stereocenters. The van der Waals surface area contributed by atoms with E-state index < -0.39 is 30.3 Å². The number of benzene rings is 2. The maximum Gasteiger partial charge on any atom is 0.338 e. The van der Waals surface area contributed by atoms with Gasteiger partial charge in [0.15, 0.2) is 6.61 Å². The van der Waals surface area contributed by atoms with E-state index in [1.54, 1.807) is 36.4 Å². The number of ether oxygens (including phenoxy) is 1. The highest BCUT2D eigenvalue weighted by atomic mass is 16.5. The van der Waals surface area contributed by atoms with Crippen molar-refractivity contribution >= 4 is 29.4 Å². The fourth-order valence-electron chi connectivity index (χ4n) is 2.01. The Bertz CT molecular complexity index is 904. The molecule has 0 unspecified atom stereocenters. The molecular weight excluding hydrogens is 364 g/mol. The summed E-state index contributed by atoms with van der Waals surface area (Å²) in [5, 5.41) is 10.9. The van der Waals surface area contributed by atoms with Gasteiger partial charge in [-0.25, -0.2) is 4.79 Å². The van der Waals surface area contributed by atoms with Gasteiger partial charge in [-0.15, -0.1) is 0 Å². The molecule has 3 N–H and O–H groups in total. The molecule has 3 amide bonds. The van der Waals surface area contributed by atoms with E-state index in [0.717, 1.165) is 0 Å². The maximum atomic E-state index is 11.9. The first-order valence-corrected chi connectivity index (χ1v) is 8.08. The first-order valence-electron chi connectivity index (χ1n) is 8.08. The molecule has 0 saturated carbocycles. The minimum Gasteiger partial charge on any atom is -0.452 e. The molecule has 0 aliphatic carbocycles. The molecule has 0 aliphatic heterocycles. The molecule has 0 bridgehead atoms. The van der Waals surface area contributed by atoms with Crippen LogP contribution < -0.4 is 16.2 Å². The van der Waals surface area contributed by atoms with Crippen molar-refractivity contribution in [2.45, 2.75) is 6.42 Å². The molecule has 9 nitrogen and oxygen atoms in total. The predicted octanol–water partition coefficient (Wildman–Crippen LogP) is 1.16. The van der Waals surface area contributed by atoms with Crippen molar-refractivity contribution in [2.75, 3.05) is 11.9 Å². The number of hydrazine groups is 1. The highest BCUT2D eigenvalue weighted by Gasteiger charge is 2.12. The van der Waals surface area contributed by atoms with Crippen LogP contribution in [0.25, 0.3) is 0 Å². The fourth-order valence-corrected chi connectivity index (χ4v) is 2.01. The van der Waals surface area contributed by atoms with Gasteiger partial charge in [-0.3, -0.25) is 25.2 Å². The minimum atomic E-state index is -0.751. The van der Waals surface area contributed by atoms with Gasteiger partial charge < -0.3 is 10.1 Å². The molecule has 0 saturated heterocycles. The first-order chi connectivity index (χ1) is 13.5. The Kier molecular flexibility index (Phi) is 7.24. The van der Waals surface area contributed by atoms with Crippen LogP contribution >= 0.6 is 0 Å². The number of nitrogens with one attached hydrogen (secondary N) is 3. The van der Waals surface area contributed by atoms with Crippen LogP contribution in [0.15, 0.2) is 54.6 Å². The van der Waals surface area contributed by atoms with Gasteiger partial charge in [-0.1, -0.05) is 18.2 Å². The number of anilines is 1. The SMILES string of the molecule is N#CCC(=O)Nc1ccc(C(=O)OCC(=O)NNC(=O)c2ccccc2)cc1. The molecule has 0 heterocycles. The van der Waals surface area contributed by atoms with Gasteiger partial charge >= 0.3 is 5.97 Å². The molecule has 2 rings (SSSR count). The van der Waals surface area contributed by atoms with Crippen LogP contribution in [0.4, 0.5) is 5.69 Å². The number of nitrogens with zero attached hydrogens (tertiary/aromatic N) is 1. The van der Waals surface area contributed by atoms with Crippen LogP contribution in [0.1, 0.15) is 27.1 Å². The average Bonchev–Trinajstić information content (AvgIpc) is 2.71. The monoisotopic (exact) mass is 380 g/mol. The summed E-state index contributed by atoms with van der Waals surface area (Å²) in [6, 6.07) is 15.7. The summed E-state index contributed by atoms with van der Waals surface area (Å²) in [5.74, 6) is -2.43. The van der Waals surface area contributed by atoms with E-state index in [0.29, 0.717) is 11.3 Å². The van der Waals surface area contributed by atoms with Crippen LogP contribution in [0.5, 0.6) is 0 Å². The summed E-state index contributed by atoms with van der Waals surface area (Å²) in [7, 11) is 0. The zero-order valence-electron chi connectivity index (χ0n) is 14.6. The van der Waals surface area contributed by atoms with Crippen molar-refractivity contribution in [3.05, 3.63) is 65.7 Å². The molecular formula is C19H16N4O5. The lowest BCUT2D eigenvalue weighted by Crippen LogP contribution is -2.43. The van der Waals surface area contributed by atoms with E-state index in [1.807, 2.05) is 0 Å². The van der Waals surface area contributed by atoms with Gasteiger partial charge in [0.1, 0.15) is 6.42 Å². The topological polar surface area (TPSA) is 137 Å². The van der Waals surface area contributed by atoms with E-state index in [1.165, 1.54) is 24.3 Å². The number of nitriles is 1. The highest BCUT2D eigenvalue weighted by molar-refractivity contribution is 5.96. The lowest BCUT2D eigenvalue weighted by atomic mass is 10.2. The van der Waals surface area contributed by atoms with Crippen molar-refractivity contribution < 1.29 is 23.9 Å². The predicted molar refractivity (Wildman–Crippen MR) is 97.6 cm³/mol. The van der Waals surface area contributed by atoms with Crippen molar-refractivity contribution in [3.63, 3.8) is 0 Å². The van der Waals surface area contributed by atoms with Crippen molar-refractivity contribution in [3.8, 4) is 6.07 Å². The van der Waals surface area contributed by atoms with Crippen LogP contribution in [-0.4, -0.2) is 30.3 Å². The number of rotatable bonds is 6. The molecule has 0 spiro atoms. The fraction of sp³-hybridized carbons (Fsp3) is 0.105. The maximum absolute atomic E-state index is 11.9. The molecule has 2 aromatic carbocycles. The summed E-state index contributed by atoms with van der Waals surface area (Å²) in [4.78, 5) is 46.7. The molecule has 9 heteroatoms. The standard InChI is InChI=1S/C19H16N4O5/c20-11-10-16(24)21-15-8-6-14(7-9-15)19(27)28-12-17(25)22-23-18(26)13-4-2-1-3-5-13/h1-9H,10,12H2,(H,21,24)(H,22,25)(H,23,26). The number of carbonyl (C=O) groups excluding carboxylic acids is 4. The number of carbonyl (C=O) groups is 4. The second-order valence-corrected chi connectivity index (χ2v) is 5.40. The Labute approximate surface area is 160 Å². The molecule has 28 heavy (non-hydrogen) atoms. The van der Waals surface area contributed by atoms with Gasteiger partial charge in [0.05, 0.1) is 11.6 Å². The molecule has 0 radical (unpaired) electrons. The van der Waals surface area contributed by atoms with Gasteiger partial charge in [-0.05, 0) is 36.4 Å². The summed E-state index contributed by atoms with van der Waals surface area (Å²) in [6.45, 7) is -0.589. The quantitative estimate of drug-likeness (QED) is 0.508. The van der Waals surface area contributed by atoms with Crippen LogP contribution in [0, 0.1) is 11.3 Å². The molecule has 2 aromatic rings. The Morgan fingerprint density at radius 2 is 1.54 bits per heavy atom. The Hall–Kier alpha value is -4.19. The van der Waals surface area contributed by atoms with Gasteiger partial charge in [0, 0.05) is 11.3 Å². The van der Waals surface area contributed by atoms with Gasteiger partial charge in [-0.2, -0.15) is 5.26 Å². The first kappa shape index (κ1) is 20.1. The minimum absolute atomic E-state index is 0.166. The molecule has 0 fully saturated rings. The number of amides is 3. The lowest BCUT2D eigenvalue weighted by molar-refractivity contribution is -0.125. The Morgan fingerprint density at radius 3 is 2.18 bits per heavy atom. The van der Waals surface area contributed by atoms with Gasteiger partial charge in [0.25, 0.3) is 11.8 Å². The van der Waals surface area contributed by atoms with E-state index >= 15 is 0 Å². The van der Waals surface area contributed by atoms with E-state index in [-0.39, 0.29) is 12.0 Å². The Balaban J connectivity index is 1.76. The smallest absolute Gasteiger partial charge is 0.338 e.